The molecule has 1 fully saturated rings. The van der Waals surface area contributed by atoms with Gasteiger partial charge in [0.2, 0.25) is 0 Å². The molecule has 164 valence electrons. The van der Waals surface area contributed by atoms with Gasteiger partial charge in [0, 0.05) is 48.9 Å². The number of carbonyl (C=O) groups is 1. The van der Waals surface area contributed by atoms with Gasteiger partial charge in [-0.05, 0) is 41.6 Å². The van der Waals surface area contributed by atoms with Crippen LogP contribution in [0, 0.1) is 0 Å². The maximum Gasteiger partial charge on any atom is 0.261 e. The molecular formula is C26H27N3O2S. The number of fused-ring (bicyclic) bond motifs is 2. The average Bonchev–Trinajstić information content (AvgIpc) is 3.44. The first-order chi connectivity index (χ1) is 15.7. The summed E-state index contributed by atoms with van der Waals surface area (Å²) in [6.45, 7) is 3.88. The summed E-state index contributed by atoms with van der Waals surface area (Å²) in [7, 11) is 1.65. The Morgan fingerprint density at radius 3 is 2.97 bits per heavy atom. The third-order valence-corrected chi connectivity index (χ3v) is 7.41. The highest BCUT2D eigenvalue weighted by Crippen LogP contribution is 2.40. The van der Waals surface area contributed by atoms with Gasteiger partial charge in [-0.15, -0.1) is 11.3 Å². The van der Waals surface area contributed by atoms with Crippen LogP contribution in [0.3, 0.4) is 0 Å². The molecule has 2 aromatic carbocycles. The van der Waals surface area contributed by atoms with E-state index in [4.69, 9.17) is 4.74 Å². The van der Waals surface area contributed by atoms with Crippen LogP contribution in [0.5, 0.6) is 0 Å². The number of carbonyl (C=O) groups excluding carboxylic acids is 1. The standard InChI is InChI=1S/C26H27N3O2S/c1-31-15-13-28-26(30)25-23(21-9-2-3-10-22(21)32-25)19-11-14-29(16-19)17-20-7-4-6-18-8-5-12-27-24(18)20/h2-10,12,19H,11,13-17H2,1H3,(H,28,30)/t19-/m1/s1. The topological polar surface area (TPSA) is 54.5 Å². The zero-order valence-electron chi connectivity index (χ0n) is 18.2. The summed E-state index contributed by atoms with van der Waals surface area (Å²) in [5, 5.41) is 5.42. The Balaban J connectivity index is 1.40. The van der Waals surface area contributed by atoms with Crippen LogP contribution in [0.25, 0.3) is 21.0 Å². The van der Waals surface area contributed by atoms with Crippen LogP contribution in [0.2, 0.25) is 0 Å². The van der Waals surface area contributed by atoms with Crippen molar-refractivity contribution in [3.63, 3.8) is 0 Å². The quantitative estimate of drug-likeness (QED) is 0.415. The largest absolute Gasteiger partial charge is 0.383 e. The minimum atomic E-state index is 0.00922. The molecule has 0 unspecified atom stereocenters. The summed E-state index contributed by atoms with van der Waals surface area (Å²) in [6.07, 6.45) is 2.92. The Morgan fingerprint density at radius 2 is 2.06 bits per heavy atom. The van der Waals surface area contributed by atoms with E-state index in [0.29, 0.717) is 19.1 Å². The van der Waals surface area contributed by atoms with E-state index >= 15 is 0 Å². The number of thiophene rings is 1. The SMILES string of the molecule is COCCNC(=O)c1sc2ccccc2c1[C@@H]1CCN(Cc2cccc3cccnc23)C1. The van der Waals surface area contributed by atoms with Crippen molar-refractivity contribution in [3.8, 4) is 0 Å². The van der Waals surface area contributed by atoms with Crippen molar-refractivity contribution in [3.05, 3.63) is 76.8 Å². The fourth-order valence-electron chi connectivity index (χ4n) is 4.73. The van der Waals surface area contributed by atoms with Crippen LogP contribution in [-0.4, -0.2) is 49.1 Å². The minimum Gasteiger partial charge on any atom is -0.383 e. The molecule has 4 aromatic rings. The summed E-state index contributed by atoms with van der Waals surface area (Å²) in [6, 6.07) is 18.9. The van der Waals surface area contributed by atoms with Crippen molar-refractivity contribution in [2.45, 2.75) is 18.9 Å². The number of aromatic nitrogens is 1. The number of amides is 1. The number of nitrogens with zero attached hydrogens (tertiary/aromatic N) is 2. The number of nitrogens with one attached hydrogen (secondary N) is 1. The van der Waals surface area contributed by atoms with Crippen molar-refractivity contribution in [2.75, 3.05) is 33.4 Å². The molecule has 0 radical (unpaired) electrons. The lowest BCUT2D eigenvalue weighted by Gasteiger charge is -2.18. The molecule has 1 N–H and O–H groups in total. The van der Waals surface area contributed by atoms with E-state index in [1.54, 1.807) is 18.4 Å². The Labute approximate surface area is 192 Å². The lowest BCUT2D eigenvalue weighted by molar-refractivity contribution is 0.0940. The van der Waals surface area contributed by atoms with Gasteiger partial charge in [0.05, 0.1) is 17.0 Å². The normalized spacial score (nSPS) is 16.7. The first-order valence-corrected chi connectivity index (χ1v) is 11.9. The fraction of sp³-hybridized carbons (Fsp3) is 0.308. The molecule has 1 atom stereocenters. The lowest BCUT2D eigenvalue weighted by Crippen LogP contribution is -2.27. The molecule has 5 nitrogen and oxygen atoms in total. The van der Waals surface area contributed by atoms with E-state index in [9.17, 15) is 4.79 Å². The molecule has 5 rings (SSSR count). The Kier molecular flexibility index (Phi) is 6.17. The van der Waals surface area contributed by atoms with Gasteiger partial charge in [-0.1, -0.05) is 42.5 Å². The number of likely N-dealkylation sites (tertiary alicyclic amines) is 1. The van der Waals surface area contributed by atoms with Crippen LogP contribution in [0.15, 0.2) is 60.8 Å². The van der Waals surface area contributed by atoms with Crippen molar-refractivity contribution >= 4 is 38.2 Å². The lowest BCUT2D eigenvalue weighted by atomic mass is 9.95. The van der Waals surface area contributed by atoms with Crippen molar-refractivity contribution < 1.29 is 9.53 Å². The molecule has 3 heterocycles. The van der Waals surface area contributed by atoms with E-state index in [2.05, 4.69) is 57.7 Å². The van der Waals surface area contributed by atoms with E-state index in [-0.39, 0.29) is 5.91 Å². The average molecular weight is 446 g/mol. The molecule has 1 amide bonds. The first-order valence-electron chi connectivity index (χ1n) is 11.1. The number of para-hydroxylation sites is 1. The number of hydrogen-bond donors (Lipinski definition) is 1. The highest BCUT2D eigenvalue weighted by atomic mass is 32.1. The summed E-state index contributed by atoms with van der Waals surface area (Å²) in [4.78, 5) is 21.0. The van der Waals surface area contributed by atoms with Gasteiger partial charge in [0.1, 0.15) is 0 Å². The van der Waals surface area contributed by atoms with E-state index in [0.717, 1.165) is 36.4 Å². The Morgan fingerprint density at radius 1 is 1.19 bits per heavy atom. The summed E-state index contributed by atoms with van der Waals surface area (Å²) in [5.74, 6) is 0.354. The van der Waals surface area contributed by atoms with Gasteiger partial charge in [0.25, 0.3) is 5.91 Å². The molecule has 0 aliphatic carbocycles. The maximum atomic E-state index is 13.0. The number of methoxy groups -OCH3 is 1. The van der Waals surface area contributed by atoms with Crippen LogP contribution in [-0.2, 0) is 11.3 Å². The van der Waals surface area contributed by atoms with Crippen molar-refractivity contribution in [1.29, 1.82) is 0 Å². The summed E-state index contributed by atoms with van der Waals surface area (Å²) >= 11 is 1.60. The van der Waals surface area contributed by atoms with Gasteiger partial charge < -0.3 is 10.1 Å². The number of rotatable bonds is 7. The second-order valence-corrected chi connectivity index (χ2v) is 9.35. The van der Waals surface area contributed by atoms with Crippen LogP contribution in [0.4, 0.5) is 0 Å². The van der Waals surface area contributed by atoms with Gasteiger partial charge in [-0.3, -0.25) is 14.7 Å². The molecular weight excluding hydrogens is 418 g/mol. The van der Waals surface area contributed by atoms with Crippen molar-refractivity contribution in [2.24, 2.45) is 0 Å². The molecule has 32 heavy (non-hydrogen) atoms. The first kappa shape index (κ1) is 21.1. The monoisotopic (exact) mass is 445 g/mol. The molecule has 0 spiro atoms. The molecule has 1 aliphatic rings. The molecule has 2 aromatic heterocycles. The van der Waals surface area contributed by atoms with Gasteiger partial charge >= 0.3 is 0 Å². The smallest absolute Gasteiger partial charge is 0.261 e. The van der Waals surface area contributed by atoms with E-state index in [1.165, 1.54) is 26.6 Å². The minimum absolute atomic E-state index is 0.00922. The highest BCUT2D eigenvalue weighted by Gasteiger charge is 2.30. The Hall–Kier alpha value is -2.80. The highest BCUT2D eigenvalue weighted by molar-refractivity contribution is 7.21. The Bertz CT molecular complexity index is 1250. The zero-order chi connectivity index (χ0) is 21.9. The second-order valence-electron chi connectivity index (χ2n) is 8.30. The van der Waals surface area contributed by atoms with Crippen molar-refractivity contribution in [1.82, 2.24) is 15.2 Å². The fourth-order valence-corrected chi connectivity index (χ4v) is 5.94. The predicted octanol–water partition coefficient (Wildman–Crippen LogP) is 4.82. The molecule has 6 heteroatoms. The number of ether oxygens (including phenoxy) is 1. The van der Waals surface area contributed by atoms with Crippen LogP contribution < -0.4 is 5.32 Å². The van der Waals surface area contributed by atoms with E-state index in [1.807, 2.05) is 18.3 Å². The van der Waals surface area contributed by atoms with Crippen LogP contribution >= 0.6 is 11.3 Å². The van der Waals surface area contributed by atoms with E-state index < -0.39 is 0 Å². The summed E-state index contributed by atoms with van der Waals surface area (Å²) in [5.41, 5.74) is 3.55. The molecule has 1 aliphatic heterocycles. The predicted molar refractivity (Wildman–Crippen MR) is 130 cm³/mol. The molecule has 0 bridgehead atoms. The second kappa shape index (κ2) is 9.36. The third-order valence-electron chi connectivity index (χ3n) is 6.22. The summed E-state index contributed by atoms with van der Waals surface area (Å²) < 4.78 is 6.27. The van der Waals surface area contributed by atoms with Gasteiger partial charge in [-0.2, -0.15) is 0 Å². The van der Waals surface area contributed by atoms with Gasteiger partial charge in [0.15, 0.2) is 0 Å². The number of hydrogen-bond acceptors (Lipinski definition) is 5. The molecule has 0 saturated carbocycles. The van der Waals surface area contributed by atoms with Gasteiger partial charge in [-0.25, -0.2) is 0 Å². The zero-order valence-corrected chi connectivity index (χ0v) is 19.0. The number of benzene rings is 2. The molecule has 1 saturated heterocycles. The third kappa shape index (κ3) is 4.13. The maximum absolute atomic E-state index is 13.0. The number of pyridine rings is 1. The van der Waals surface area contributed by atoms with Crippen LogP contribution in [0.1, 0.15) is 33.1 Å².